The van der Waals surface area contributed by atoms with Gasteiger partial charge in [0.05, 0.1) is 6.61 Å². The highest BCUT2D eigenvalue weighted by atomic mass is 19.4. The second-order valence-corrected chi connectivity index (χ2v) is 4.15. The predicted octanol–water partition coefficient (Wildman–Crippen LogP) is 2.02. The van der Waals surface area contributed by atoms with Crippen LogP contribution in [0.3, 0.4) is 0 Å². The zero-order valence-corrected chi connectivity index (χ0v) is 10.2. The van der Waals surface area contributed by atoms with Crippen molar-refractivity contribution in [2.45, 2.75) is 38.8 Å². The first-order valence-corrected chi connectivity index (χ1v) is 5.24. The van der Waals surface area contributed by atoms with E-state index in [1.54, 1.807) is 6.92 Å². The van der Waals surface area contributed by atoms with Crippen molar-refractivity contribution in [1.29, 1.82) is 0 Å². The molecule has 0 spiro atoms. The summed E-state index contributed by atoms with van der Waals surface area (Å²) in [5, 5.41) is 3.20. The van der Waals surface area contributed by atoms with Gasteiger partial charge in [-0.2, -0.15) is 18.2 Å². The lowest BCUT2D eigenvalue weighted by Gasteiger charge is -2.16. The van der Waals surface area contributed by atoms with Crippen molar-refractivity contribution in [2.24, 2.45) is 0 Å². The van der Waals surface area contributed by atoms with Crippen LogP contribution in [0.2, 0.25) is 0 Å². The molecule has 5 nitrogen and oxygen atoms in total. The van der Waals surface area contributed by atoms with Gasteiger partial charge in [0, 0.05) is 0 Å². The van der Waals surface area contributed by atoms with Gasteiger partial charge in [0.25, 0.3) is 0 Å². The number of alkyl halides is 3. The molecule has 0 saturated heterocycles. The van der Waals surface area contributed by atoms with Gasteiger partial charge in [0.15, 0.2) is 5.82 Å². The van der Waals surface area contributed by atoms with Crippen LogP contribution in [-0.2, 0) is 21.4 Å². The average Bonchev–Trinajstić information content (AvgIpc) is 2.64. The molecular weight excluding hydrogens is 253 g/mol. The van der Waals surface area contributed by atoms with E-state index < -0.39 is 29.8 Å². The first kappa shape index (κ1) is 14.5. The van der Waals surface area contributed by atoms with Crippen molar-refractivity contribution in [3.05, 3.63) is 11.7 Å². The molecule has 0 aliphatic carbocycles. The topological polar surface area (TPSA) is 65.2 Å². The van der Waals surface area contributed by atoms with E-state index in [9.17, 15) is 18.0 Å². The number of esters is 1. The second kappa shape index (κ2) is 4.95. The van der Waals surface area contributed by atoms with Crippen molar-refractivity contribution in [3.8, 4) is 0 Å². The SMILES string of the molecule is CCOC(=O)C(C)(C)c1nc(CC(F)(F)F)no1. The smallest absolute Gasteiger partial charge is 0.396 e. The monoisotopic (exact) mass is 266 g/mol. The van der Waals surface area contributed by atoms with Crippen LogP contribution in [0.25, 0.3) is 0 Å². The minimum Gasteiger partial charge on any atom is -0.465 e. The van der Waals surface area contributed by atoms with Gasteiger partial charge in [-0.1, -0.05) is 5.16 Å². The third-order valence-corrected chi connectivity index (χ3v) is 2.15. The highest BCUT2D eigenvalue weighted by molar-refractivity contribution is 5.80. The number of rotatable bonds is 4. The molecule has 102 valence electrons. The molecule has 0 atom stereocenters. The van der Waals surface area contributed by atoms with Crippen molar-refractivity contribution >= 4 is 5.97 Å². The van der Waals surface area contributed by atoms with E-state index in [2.05, 4.69) is 14.7 Å². The molecule has 0 aromatic carbocycles. The van der Waals surface area contributed by atoms with Gasteiger partial charge in [0.1, 0.15) is 11.8 Å². The summed E-state index contributed by atoms with van der Waals surface area (Å²) < 4.78 is 45.8. The van der Waals surface area contributed by atoms with E-state index in [0.29, 0.717) is 0 Å². The van der Waals surface area contributed by atoms with Crippen molar-refractivity contribution in [1.82, 2.24) is 10.1 Å². The minimum absolute atomic E-state index is 0.159. The number of aromatic nitrogens is 2. The van der Waals surface area contributed by atoms with E-state index in [1.807, 2.05) is 0 Å². The number of halogens is 3. The maximum atomic E-state index is 12.1. The van der Waals surface area contributed by atoms with Gasteiger partial charge in [-0.25, -0.2) is 0 Å². The van der Waals surface area contributed by atoms with Crippen LogP contribution >= 0.6 is 0 Å². The van der Waals surface area contributed by atoms with E-state index in [1.165, 1.54) is 13.8 Å². The second-order valence-electron chi connectivity index (χ2n) is 4.15. The summed E-state index contributed by atoms with van der Waals surface area (Å²) in [5.41, 5.74) is -1.27. The molecule has 0 unspecified atom stereocenters. The molecule has 1 heterocycles. The Hall–Kier alpha value is -1.60. The van der Waals surface area contributed by atoms with Gasteiger partial charge in [-0.15, -0.1) is 0 Å². The molecule has 0 N–H and O–H groups in total. The highest BCUT2D eigenvalue weighted by Gasteiger charge is 2.39. The number of nitrogens with zero attached hydrogens (tertiary/aromatic N) is 2. The molecule has 0 bridgehead atoms. The largest absolute Gasteiger partial charge is 0.465 e. The lowest BCUT2D eigenvalue weighted by Crippen LogP contribution is -2.31. The minimum atomic E-state index is -4.42. The standard InChI is InChI=1S/C10H13F3N2O3/c1-4-17-8(16)9(2,3)7-14-6(15-18-7)5-10(11,12)13/h4-5H2,1-3H3. The van der Waals surface area contributed by atoms with Crippen LogP contribution in [0, 0.1) is 0 Å². The van der Waals surface area contributed by atoms with Crippen LogP contribution in [0.15, 0.2) is 4.52 Å². The summed E-state index contributed by atoms with van der Waals surface area (Å²) in [5.74, 6) is -1.33. The van der Waals surface area contributed by atoms with Crippen molar-refractivity contribution in [3.63, 3.8) is 0 Å². The Labute approximate surface area is 101 Å². The fraction of sp³-hybridized carbons (Fsp3) is 0.700. The summed E-state index contributed by atoms with van der Waals surface area (Å²) in [4.78, 5) is 15.2. The normalized spacial score (nSPS) is 12.6. The molecule has 0 aliphatic rings. The van der Waals surface area contributed by atoms with Gasteiger partial charge in [-0.3, -0.25) is 4.79 Å². The number of carbonyl (C=O) groups is 1. The van der Waals surface area contributed by atoms with Crippen LogP contribution in [0.1, 0.15) is 32.5 Å². The zero-order valence-electron chi connectivity index (χ0n) is 10.2. The van der Waals surface area contributed by atoms with Crippen LogP contribution in [-0.4, -0.2) is 28.9 Å². The zero-order chi connectivity index (χ0) is 14.0. The Morgan fingerprint density at radius 2 is 2.00 bits per heavy atom. The number of carbonyl (C=O) groups excluding carboxylic acids is 1. The Morgan fingerprint density at radius 3 is 2.50 bits per heavy atom. The molecule has 0 amide bonds. The fourth-order valence-electron chi connectivity index (χ4n) is 1.16. The third kappa shape index (κ3) is 3.44. The molecule has 0 saturated carbocycles. The summed E-state index contributed by atoms with van der Waals surface area (Å²) >= 11 is 0. The number of ether oxygens (including phenoxy) is 1. The predicted molar refractivity (Wildman–Crippen MR) is 53.7 cm³/mol. The molecule has 0 fully saturated rings. The maximum absolute atomic E-state index is 12.1. The lowest BCUT2D eigenvalue weighted by atomic mass is 9.94. The Bertz CT molecular complexity index is 426. The third-order valence-electron chi connectivity index (χ3n) is 2.15. The summed E-state index contributed by atoms with van der Waals surface area (Å²) in [6.45, 7) is 4.66. The van der Waals surface area contributed by atoms with E-state index in [4.69, 9.17) is 4.74 Å². The lowest BCUT2D eigenvalue weighted by molar-refractivity contribution is -0.149. The van der Waals surface area contributed by atoms with Gasteiger partial charge < -0.3 is 9.26 Å². The molecule has 0 radical (unpaired) electrons. The van der Waals surface area contributed by atoms with Gasteiger partial charge >= 0.3 is 12.1 Å². The molecule has 0 aliphatic heterocycles. The van der Waals surface area contributed by atoms with Crippen molar-refractivity contribution in [2.75, 3.05) is 6.61 Å². The van der Waals surface area contributed by atoms with Crippen molar-refractivity contribution < 1.29 is 27.2 Å². The van der Waals surface area contributed by atoms with E-state index >= 15 is 0 Å². The molecule has 1 aromatic heterocycles. The van der Waals surface area contributed by atoms with Gasteiger partial charge in [-0.05, 0) is 20.8 Å². The van der Waals surface area contributed by atoms with Crippen LogP contribution < -0.4 is 0 Å². The summed E-state index contributed by atoms with van der Waals surface area (Å²) in [7, 11) is 0. The fourth-order valence-corrected chi connectivity index (χ4v) is 1.16. The van der Waals surface area contributed by atoms with Gasteiger partial charge in [0.2, 0.25) is 5.89 Å². The van der Waals surface area contributed by atoms with Crippen LogP contribution in [0.4, 0.5) is 13.2 Å². The highest BCUT2D eigenvalue weighted by Crippen LogP contribution is 2.25. The first-order valence-electron chi connectivity index (χ1n) is 5.24. The van der Waals surface area contributed by atoms with Crippen LogP contribution in [0.5, 0.6) is 0 Å². The molecule has 1 aromatic rings. The summed E-state index contributed by atoms with van der Waals surface area (Å²) in [6, 6.07) is 0. The average molecular weight is 266 g/mol. The Kier molecular flexibility index (Phi) is 3.98. The molecule has 8 heteroatoms. The molecular formula is C10H13F3N2O3. The number of hydrogen-bond donors (Lipinski definition) is 0. The quantitative estimate of drug-likeness (QED) is 0.780. The summed E-state index contributed by atoms with van der Waals surface area (Å²) in [6.07, 6.45) is -5.72. The molecule has 1 rings (SSSR count). The molecule has 18 heavy (non-hydrogen) atoms. The Balaban J connectivity index is 2.88. The first-order chi connectivity index (χ1) is 8.16. The maximum Gasteiger partial charge on any atom is 0.396 e. The Morgan fingerprint density at radius 1 is 1.39 bits per heavy atom. The van der Waals surface area contributed by atoms with E-state index in [0.717, 1.165) is 0 Å². The van der Waals surface area contributed by atoms with E-state index in [-0.39, 0.29) is 12.5 Å². The number of hydrogen-bond acceptors (Lipinski definition) is 5.